The van der Waals surface area contributed by atoms with E-state index in [4.69, 9.17) is 4.74 Å². The maximum absolute atomic E-state index is 13.3. The normalized spacial score (nSPS) is 21.7. The van der Waals surface area contributed by atoms with Crippen LogP contribution in [-0.2, 0) is 14.3 Å². The second-order valence-electron chi connectivity index (χ2n) is 9.55. The minimum atomic E-state index is -0.994. The van der Waals surface area contributed by atoms with Gasteiger partial charge in [0, 0.05) is 25.6 Å². The van der Waals surface area contributed by atoms with Gasteiger partial charge in [0.25, 0.3) is 11.8 Å². The molecule has 10 nitrogen and oxygen atoms in total. The van der Waals surface area contributed by atoms with Gasteiger partial charge < -0.3 is 15.0 Å². The van der Waals surface area contributed by atoms with Crippen molar-refractivity contribution in [1.29, 1.82) is 0 Å². The Morgan fingerprint density at radius 2 is 1.76 bits per heavy atom. The first kappa shape index (κ1) is 22.8. The number of nitrogens with zero attached hydrogens (tertiary/aromatic N) is 2. The third-order valence-electron chi connectivity index (χ3n) is 6.00. The van der Waals surface area contributed by atoms with Crippen LogP contribution in [0.5, 0.6) is 0 Å². The minimum absolute atomic E-state index is 0.0508. The first-order valence-corrected chi connectivity index (χ1v) is 11.1. The van der Waals surface area contributed by atoms with E-state index < -0.39 is 41.4 Å². The monoisotopic (exact) mass is 456 g/mol. The number of benzene rings is 1. The molecule has 3 aliphatic rings. The Morgan fingerprint density at radius 1 is 1.06 bits per heavy atom. The molecule has 5 amide bonds. The summed E-state index contributed by atoms with van der Waals surface area (Å²) in [6.07, 6.45) is 1.05. The number of anilines is 1. The topological polar surface area (TPSA) is 125 Å². The van der Waals surface area contributed by atoms with Crippen molar-refractivity contribution in [1.82, 2.24) is 15.5 Å². The third-order valence-corrected chi connectivity index (χ3v) is 6.00. The zero-order valence-corrected chi connectivity index (χ0v) is 19.0. The molecule has 2 saturated heterocycles. The second-order valence-corrected chi connectivity index (χ2v) is 9.55. The number of carbonyl (C=O) groups is 5. The highest BCUT2D eigenvalue weighted by molar-refractivity contribution is 6.25. The molecule has 0 aromatic heterocycles. The molecule has 176 valence electrons. The highest BCUT2D eigenvalue weighted by atomic mass is 16.6. The molecule has 0 radical (unpaired) electrons. The molecule has 0 bridgehead atoms. The van der Waals surface area contributed by atoms with E-state index in [2.05, 4.69) is 10.6 Å². The number of alkyl carbamates (subject to hydrolysis) is 1. The van der Waals surface area contributed by atoms with Crippen LogP contribution >= 0.6 is 0 Å². The summed E-state index contributed by atoms with van der Waals surface area (Å²) in [7, 11) is 0. The molecule has 4 rings (SSSR count). The molecule has 1 aromatic carbocycles. The van der Waals surface area contributed by atoms with Crippen LogP contribution in [0, 0.1) is 0 Å². The molecular formula is C23H28N4O6. The fraction of sp³-hybridized carbons (Fsp3) is 0.522. The molecule has 1 atom stereocenters. The summed E-state index contributed by atoms with van der Waals surface area (Å²) in [5, 5.41) is 5.09. The number of hydrogen-bond donors (Lipinski definition) is 2. The van der Waals surface area contributed by atoms with Gasteiger partial charge in [-0.2, -0.15) is 0 Å². The van der Waals surface area contributed by atoms with Crippen LogP contribution in [0.4, 0.5) is 10.5 Å². The average Bonchev–Trinajstić information content (AvgIpc) is 2.98. The quantitative estimate of drug-likeness (QED) is 0.662. The lowest BCUT2D eigenvalue weighted by molar-refractivity contribution is -0.136. The Labute approximate surface area is 191 Å². The predicted molar refractivity (Wildman–Crippen MR) is 118 cm³/mol. The fourth-order valence-corrected chi connectivity index (χ4v) is 4.50. The molecule has 33 heavy (non-hydrogen) atoms. The smallest absolute Gasteiger partial charge is 0.407 e. The molecule has 10 heteroatoms. The van der Waals surface area contributed by atoms with E-state index in [9.17, 15) is 24.0 Å². The summed E-state index contributed by atoms with van der Waals surface area (Å²) in [5.74, 6) is -2.07. The van der Waals surface area contributed by atoms with Crippen LogP contribution < -0.4 is 15.5 Å². The maximum atomic E-state index is 13.3. The molecule has 2 fully saturated rings. The van der Waals surface area contributed by atoms with Crippen molar-refractivity contribution in [3.8, 4) is 0 Å². The van der Waals surface area contributed by atoms with Gasteiger partial charge in [-0.15, -0.1) is 0 Å². The number of amides is 5. The van der Waals surface area contributed by atoms with Crippen LogP contribution in [0.3, 0.4) is 0 Å². The van der Waals surface area contributed by atoms with Gasteiger partial charge in [0.1, 0.15) is 11.6 Å². The van der Waals surface area contributed by atoms with Crippen LogP contribution in [-0.4, -0.2) is 65.4 Å². The van der Waals surface area contributed by atoms with Crippen molar-refractivity contribution < 1.29 is 28.7 Å². The lowest BCUT2D eigenvalue weighted by atomic mass is 10.0. The molecule has 3 heterocycles. The van der Waals surface area contributed by atoms with Gasteiger partial charge in [-0.1, -0.05) is 6.07 Å². The average molecular weight is 456 g/mol. The van der Waals surface area contributed by atoms with Crippen molar-refractivity contribution in [2.75, 3.05) is 18.0 Å². The summed E-state index contributed by atoms with van der Waals surface area (Å²) in [6.45, 7) is 6.58. The standard InChI is InChI=1S/C23H28N4O6/c1-23(2,3)33-22(32)24-13-9-11-26(12-10-13)15-6-4-5-14-18(15)21(31)27(20(14)30)16-7-8-17(28)25-19(16)29/h4-6,13,16H,7-12H2,1-3H3,(H,24,32)(H,25,28,29). The summed E-state index contributed by atoms with van der Waals surface area (Å²) in [5.41, 5.74) is 0.606. The summed E-state index contributed by atoms with van der Waals surface area (Å²) < 4.78 is 5.32. The van der Waals surface area contributed by atoms with Gasteiger partial charge in [0.2, 0.25) is 11.8 Å². The van der Waals surface area contributed by atoms with E-state index >= 15 is 0 Å². The summed E-state index contributed by atoms with van der Waals surface area (Å²) in [4.78, 5) is 65.1. The lowest BCUT2D eigenvalue weighted by Gasteiger charge is -2.35. The Hall–Kier alpha value is -3.43. The van der Waals surface area contributed by atoms with Crippen LogP contribution in [0.1, 0.15) is 67.2 Å². The van der Waals surface area contributed by atoms with Crippen molar-refractivity contribution in [2.45, 2.75) is 64.1 Å². The number of fused-ring (bicyclic) bond motifs is 1. The highest BCUT2D eigenvalue weighted by Gasteiger charge is 2.46. The minimum Gasteiger partial charge on any atom is -0.444 e. The van der Waals surface area contributed by atoms with E-state index in [1.165, 1.54) is 0 Å². The van der Waals surface area contributed by atoms with Crippen molar-refractivity contribution >= 4 is 35.4 Å². The first-order valence-electron chi connectivity index (χ1n) is 11.1. The van der Waals surface area contributed by atoms with E-state index in [0.29, 0.717) is 31.6 Å². The number of hydrogen-bond acceptors (Lipinski definition) is 7. The van der Waals surface area contributed by atoms with E-state index in [1.54, 1.807) is 18.2 Å². The zero-order valence-electron chi connectivity index (χ0n) is 19.0. The predicted octanol–water partition coefficient (Wildman–Crippen LogP) is 1.58. The molecular weight excluding hydrogens is 428 g/mol. The van der Waals surface area contributed by atoms with Crippen LogP contribution in [0.2, 0.25) is 0 Å². The van der Waals surface area contributed by atoms with E-state index in [0.717, 1.165) is 4.90 Å². The van der Waals surface area contributed by atoms with Crippen molar-refractivity contribution in [3.63, 3.8) is 0 Å². The molecule has 1 aromatic rings. The molecule has 0 spiro atoms. The van der Waals surface area contributed by atoms with E-state index in [1.807, 2.05) is 25.7 Å². The Balaban J connectivity index is 1.47. The number of piperidine rings is 2. The Bertz CT molecular complexity index is 1020. The fourth-order valence-electron chi connectivity index (χ4n) is 4.50. The second kappa shape index (κ2) is 8.49. The molecule has 0 aliphatic carbocycles. The maximum Gasteiger partial charge on any atom is 0.407 e. The van der Waals surface area contributed by atoms with Crippen LogP contribution in [0.15, 0.2) is 18.2 Å². The number of imide groups is 2. The van der Waals surface area contributed by atoms with E-state index in [-0.39, 0.29) is 30.0 Å². The number of ether oxygens (including phenoxy) is 1. The number of carbonyl (C=O) groups excluding carboxylic acids is 5. The van der Waals surface area contributed by atoms with Crippen LogP contribution in [0.25, 0.3) is 0 Å². The zero-order chi connectivity index (χ0) is 23.9. The molecule has 1 unspecified atom stereocenters. The van der Waals surface area contributed by atoms with Gasteiger partial charge in [-0.25, -0.2) is 4.79 Å². The SMILES string of the molecule is CC(C)(C)OC(=O)NC1CCN(c2cccc3c2C(=O)N(C2CCC(=O)NC2=O)C3=O)CC1. The Morgan fingerprint density at radius 3 is 2.39 bits per heavy atom. The number of nitrogens with one attached hydrogen (secondary N) is 2. The molecule has 2 N–H and O–H groups in total. The molecule has 3 aliphatic heterocycles. The van der Waals surface area contributed by atoms with Crippen molar-refractivity contribution in [3.05, 3.63) is 29.3 Å². The van der Waals surface area contributed by atoms with Gasteiger partial charge in [0.05, 0.1) is 16.8 Å². The Kier molecular flexibility index (Phi) is 5.85. The van der Waals surface area contributed by atoms with Gasteiger partial charge in [0.15, 0.2) is 0 Å². The lowest BCUT2D eigenvalue weighted by Crippen LogP contribution is -2.54. The third kappa shape index (κ3) is 4.55. The number of rotatable bonds is 3. The largest absolute Gasteiger partial charge is 0.444 e. The summed E-state index contributed by atoms with van der Waals surface area (Å²) >= 11 is 0. The van der Waals surface area contributed by atoms with Gasteiger partial charge in [-0.3, -0.25) is 29.4 Å². The van der Waals surface area contributed by atoms with Gasteiger partial charge in [-0.05, 0) is 52.2 Å². The first-order chi connectivity index (χ1) is 15.5. The van der Waals surface area contributed by atoms with Crippen molar-refractivity contribution in [2.24, 2.45) is 0 Å². The highest BCUT2D eigenvalue weighted by Crippen LogP contribution is 2.35. The molecule has 0 saturated carbocycles. The van der Waals surface area contributed by atoms with Gasteiger partial charge >= 0.3 is 6.09 Å². The summed E-state index contributed by atoms with van der Waals surface area (Å²) in [6, 6.07) is 4.05.